The first-order chi connectivity index (χ1) is 12.7. The van der Waals surface area contributed by atoms with Crippen molar-refractivity contribution in [2.24, 2.45) is 0 Å². The third kappa shape index (κ3) is 4.19. The third-order valence-corrected chi connectivity index (χ3v) is 3.46. The second kappa shape index (κ2) is 8.17. The largest absolute Gasteiger partial charge is 0.489 e. The van der Waals surface area contributed by atoms with Crippen molar-refractivity contribution in [1.82, 2.24) is 20.2 Å². The molecule has 0 aliphatic heterocycles. The maximum atomic E-state index is 13.6. The standard InChI is InChI=1S/C17H16FN5O3/c1-25-7-8-26-16-6-5-13(18)10-15(16)20-17(24)12-3-2-4-14(9-12)23-11-19-21-22-23/h2-6,9-11H,7-8H2,1H3,(H,20,24). The fourth-order valence-corrected chi connectivity index (χ4v) is 2.22. The molecule has 0 atom stereocenters. The van der Waals surface area contributed by atoms with Gasteiger partial charge in [-0.2, -0.15) is 0 Å². The fourth-order valence-electron chi connectivity index (χ4n) is 2.22. The van der Waals surface area contributed by atoms with Crippen LogP contribution < -0.4 is 10.1 Å². The molecule has 0 radical (unpaired) electrons. The van der Waals surface area contributed by atoms with Crippen molar-refractivity contribution in [3.8, 4) is 11.4 Å². The van der Waals surface area contributed by atoms with Gasteiger partial charge in [0, 0.05) is 18.7 Å². The number of aromatic nitrogens is 4. The second-order valence-corrected chi connectivity index (χ2v) is 5.24. The van der Waals surface area contributed by atoms with Crippen LogP contribution in [0.3, 0.4) is 0 Å². The normalized spacial score (nSPS) is 10.5. The van der Waals surface area contributed by atoms with Gasteiger partial charge in [-0.25, -0.2) is 9.07 Å². The zero-order valence-corrected chi connectivity index (χ0v) is 13.9. The average Bonchev–Trinajstić information content (AvgIpc) is 3.18. The Bertz CT molecular complexity index is 886. The predicted molar refractivity (Wildman–Crippen MR) is 90.9 cm³/mol. The molecular formula is C17H16FN5O3. The number of tetrazole rings is 1. The van der Waals surface area contributed by atoms with E-state index in [2.05, 4.69) is 20.8 Å². The Labute approximate surface area is 148 Å². The molecule has 3 rings (SSSR count). The fraction of sp³-hybridized carbons (Fsp3) is 0.176. The van der Waals surface area contributed by atoms with Crippen LogP contribution in [-0.2, 0) is 4.74 Å². The van der Waals surface area contributed by atoms with E-state index in [1.807, 2.05) is 0 Å². The highest BCUT2D eigenvalue weighted by atomic mass is 19.1. The summed E-state index contributed by atoms with van der Waals surface area (Å²) in [6.45, 7) is 0.651. The second-order valence-electron chi connectivity index (χ2n) is 5.24. The summed E-state index contributed by atoms with van der Waals surface area (Å²) in [7, 11) is 1.55. The lowest BCUT2D eigenvalue weighted by molar-refractivity contribution is 0.102. The van der Waals surface area contributed by atoms with Gasteiger partial charge in [0.05, 0.1) is 18.0 Å². The van der Waals surface area contributed by atoms with Crippen LogP contribution in [0.25, 0.3) is 5.69 Å². The lowest BCUT2D eigenvalue weighted by Crippen LogP contribution is -2.14. The summed E-state index contributed by atoms with van der Waals surface area (Å²) in [5.41, 5.74) is 1.22. The van der Waals surface area contributed by atoms with Crippen molar-refractivity contribution in [2.45, 2.75) is 0 Å². The summed E-state index contributed by atoms with van der Waals surface area (Å²) >= 11 is 0. The predicted octanol–water partition coefficient (Wildman–Crippen LogP) is 2.08. The topological polar surface area (TPSA) is 91.2 Å². The number of carbonyl (C=O) groups excluding carboxylic acids is 1. The monoisotopic (exact) mass is 357 g/mol. The molecule has 1 N–H and O–H groups in total. The number of hydrogen-bond donors (Lipinski definition) is 1. The molecule has 0 aliphatic rings. The van der Waals surface area contributed by atoms with Crippen LogP contribution in [-0.4, -0.2) is 46.4 Å². The quantitative estimate of drug-likeness (QED) is 0.651. The van der Waals surface area contributed by atoms with Crippen molar-refractivity contribution >= 4 is 11.6 Å². The summed E-state index contributed by atoms with van der Waals surface area (Å²) in [6.07, 6.45) is 1.42. The van der Waals surface area contributed by atoms with Crippen LogP contribution in [0.15, 0.2) is 48.8 Å². The Balaban J connectivity index is 1.79. The Morgan fingerprint density at radius 2 is 2.12 bits per heavy atom. The van der Waals surface area contributed by atoms with Gasteiger partial charge in [-0.3, -0.25) is 4.79 Å². The van der Waals surface area contributed by atoms with Crippen molar-refractivity contribution in [1.29, 1.82) is 0 Å². The summed E-state index contributed by atoms with van der Waals surface area (Å²) < 4.78 is 25.4. The van der Waals surface area contributed by atoms with Gasteiger partial charge in [-0.15, -0.1) is 5.10 Å². The van der Waals surface area contributed by atoms with E-state index in [1.165, 1.54) is 29.2 Å². The van der Waals surface area contributed by atoms with Gasteiger partial charge in [-0.05, 0) is 40.8 Å². The number of nitrogens with zero attached hydrogens (tertiary/aromatic N) is 4. The van der Waals surface area contributed by atoms with Crippen LogP contribution in [0, 0.1) is 5.82 Å². The van der Waals surface area contributed by atoms with E-state index in [0.717, 1.165) is 0 Å². The number of amides is 1. The Morgan fingerprint density at radius 1 is 1.23 bits per heavy atom. The van der Waals surface area contributed by atoms with Crippen LogP contribution in [0.4, 0.5) is 10.1 Å². The molecule has 0 saturated carbocycles. The van der Waals surface area contributed by atoms with E-state index in [4.69, 9.17) is 9.47 Å². The number of halogens is 1. The SMILES string of the molecule is COCCOc1ccc(F)cc1NC(=O)c1cccc(-n2cnnn2)c1. The molecule has 134 valence electrons. The number of hydrogen-bond acceptors (Lipinski definition) is 6. The highest BCUT2D eigenvalue weighted by Crippen LogP contribution is 2.26. The Hall–Kier alpha value is -3.33. The number of benzene rings is 2. The smallest absolute Gasteiger partial charge is 0.255 e. The lowest BCUT2D eigenvalue weighted by atomic mass is 10.1. The number of ether oxygens (including phenoxy) is 2. The molecule has 0 bridgehead atoms. The van der Waals surface area contributed by atoms with E-state index in [9.17, 15) is 9.18 Å². The molecule has 8 nitrogen and oxygen atoms in total. The number of nitrogens with one attached hydrogen (secondary N) is 1. The summed E-state index contributed by atoms with van der Waals surface area (Å²) in [6, 6.07) is 10.6. The summed E-state index contributed by atoms with van der Waals surface area (Å²) in [4.78, 5) is 12.6. The molecule has 9 heteroatoms. The van der Waals surface area contributed by atoms with E-state index in [-0.39, 0.29) is 12.3 Å². The van der Waals surface area contributed by atoms with Gasteiger partial charge in [-0.1, -0.05) is 6.07 Å². The maximum absolute atomic E-state index is 13.6. The molecule has 0 fully saturated rings. The minimum absolute atomic E-state index is 0.235. The van der Waals surface area contributed by atoms with Crippen LogP contribution in [0.1, 0.15) is 10.4 Å². The van der Waals surface area contributed by atoms with Crippen LogP contribution in [0.2, 0.25) is 0 Å². The first kappa shape index (κ1) is 17.5. The number of methoxy groups -OCH3 is 1. The maximum Gasteiger partial charge on any atom is 0.255 e. The van der Waals surface area contributed by atoms with Crippen LogP contribution in [0.5, 0.6) is 5.75 Å². The highest BCUT2D eigenvalue weighted by Gasteiger charge is 2.12. The zero-order chi connectivity index (χ0) is 18.4. The number of carbonyl (C=O) groups is 1. The summed E-state index contributed by atoms with van der Waals surface area (Å²) in [5, 5.41) is 13.6. The molecule has 2 aromatic carbocycles. The molecule has 3 aromatic rings. The molecule has 1 amide bonds. The van der Waals surface area contributed by atoms with Crippen molar-refractivity contribution < 1.29 is 18.7 Å². The molecular weight excluding hydrogens is 341 g/mol. The van der Waals surface area contributed by atoms with Gasteiger partial charge in [0.25, 0.3) is 5.91 Å². The van der Waals surface area contributed by atoms with E-state index >= 15 is 0 Å². The number of rotatable bonds is 7. The van der Waals surface area contributed by atoms with E-state index in [0.29, 0.717) is 23.6 Å². The Kier molecular flexibility index (Phi) is 5.49. The molecule has 26 heavy (non-hydrogen) atoms. The number of anilines is 1. The zero-order valence-electron chi connectivity index (χ0n) is 13.9. The minimum Gasteiger partial charge on any atom is -0.489 e. The molecule has 0 saturated heterocycles. The lowest BCUT2D eigenvalue weighted by Gasteiger charge is -2.13. The van der Waals surface area contributed by atoms with Gasteiger partial charge in [0.1, 0.15) is 24.5 Å². The summed E-state index contributed by atoms with van der Waals surface area (Å²) in [5.74, 6) is -0.544. The van der Waals surface area contributed by atoms with Gasteiger partial charge < -0.3 is 14.8 Å². The third-order valence-electron chi connectivity index (χ3n) is 3.46. The van der Waals surface area contributed by atoms with Crippen molar-refractivity contribution in [3.05, 3.63) is 60.2 Å². The average molecular weight is 357 g/mol. The molecule has 0 unspecified atom stereocenters. The Morgan fingerprint density at radius 3 is 2.88 bits per heavy atom. The van der Waals surface area contributed by atoms with Gasteiger partial charge in [0.15, 0.2) is 0 Å². The van der Waals surface area contributed by atoms with E-state index in [1.54, 1.807) is 31.4 Å². The first-order valence-corrected chi connectivity index (χ1v) is 7.73. The van der Waals surface area contributed by atoms with Crippen molar-refractivity contribution in [3.63, 3.8) is 0 Å². The van der Waals surface area contributed by atoms with Crippen molar-refractivity contribution in [2.75, 3.05) is 25.6 Å². The van der Waals surface area contributed by atoms with E-state index < -0.39 is 11.7 Å². The van der Waals surface area contributed by atoms with Gasteiger partial charge >= 0.3 is 0 Å². The molecule has 1 heterocycles. The van der Waals surface area contributed by atoms with Crippen LogP contribution >= 0.6 is 0 Å². The molecule has 0 spiro atoms. The first-order valence-electron chi connectivity index (χ1n) is 7.73. The minimum atomic E-state index is -0.484. The highest BCUT2D eigenvalue weighted by molar-refractivity contribution is 6.05. The van der Waals surface area contributed by atoms with Gasteiger partial charge in [0.2, 0.25) is 0 Å². The molecule has 1 aromatic heterocycles. The molecule has 0 aliphatic carbocycles.